The van der Waals surface area contributed by atoms with Crippen molar-refractivity contribution in [2.45, 2.75) is 58.9 Å². The van der Waals surface area contributed by atoms with E-state index in [1.807, 2.05) is 10.9 Å². The van der Waals surface area contributed by atoms with Crippen LogP contribution in [0.5, 0.6) is 0 Å². The average Bonchev–Trinajstić information content (AvgIpc) is 2.93. The van der Waals surface area contributed by atoms with Gasteiger partial charge in [-0.1, -0.05) is 36.6 Å². The van der Waals surface area contributed by atoms with Gasteiger partial charge in [0.25, 0.3) is 0 Å². The fraction of sp³-hybridized carbons (Fsp3) is 0.688. The van der Waals surface area contributed by atoms with Crippen LogP contribution >= 0.6 is 11.8 Å². The van der Waals surface area contributed by atoms with Crippen molar-refractivity contribution in [3.05, 3.63) is 23.5 Å². The molecule has 0 saturated heterocycles. The summed E-state index contributed by atoms with van der Waals surface area (Å²) in [4.78, 5) is 10.4. The minimum atomic E-state index is -0.728. The maximum absolute atomic E-state index is 10.4. The van der Waals surface area contributed by atoms with Gasteiger partial charge in [-0.15, -0.1) is 5.10 Å². The molecule has 0 fully saturated rings. The van der Waals surface area contributed by atoms with Gasteiger partial charge in [-0.2, -0.15) is 11.8 Å². The average molecular weight is 325 g/mol. The molecule has 1 aromatic rings. The fourth-order valence-electron chi connectivity index (χ4n) is 1.96. The first-order valence-electron chi connectivity index (χ1n) is 7.96. The molecule has 0 aliphatic carbocycles. The molecule has 1 aromatic heterocycles. The van der Waals surface area contributed by atoms with E-state index in [2.05, 4.69) is 30.2 Å². The van der Waals surface area contributed by atoms with Gasteiger partial charge in [0.15, 0.2) is 0 Å². The smallest absolute Gasteiger partial charge is 0.304 e. The number of thioether (sulfide) groups is 1. The summed E-state index contributed by atoms with van der Waals surface area (Å²) >= 11 is 1.65. The molecule has 0 aromatic carbocycles. The molecule has 5 nitrogen and oxygen atoms in total. The van der Waals surface area contributed by atoms with Crippen LogP contribution in [0, 0.1) is 0 Å². The molecule has 0 unspecified atom stereocenters. The van der Waals surface area contributed by atoms with Crippen LogP contribution in [0.25, 0.3) is 0 Å². The van der Waals surface area contributed by atoms with E-state index in [9.17, 15) is 4.79 Å². The normalized spacial score (nSPS) is 11.8. The lowest BCUT2D eigenvalue weighted by Crippen LogP contribution is -1.99. The molecule has 0 aliphatic rings. The van der Waals surface area contributed by atoms with Gasteiger partial charge in [-0.05, 0) is 26.2 Å². The van der Waals surface area contributed by atoms with Gasteiger partial charge in [0.1, 0.15) is 0 Å². The van der Waals surface area contributed by atoms with Gasteiger partial charge in [0.2, 0.25) is 0 Å². The molecule has 0 atom stereocenters. The monoisotopic (exact) mass is 325 g/mol. The minimum absolute atomic E-state index is 0.233. The van der Waals surface area contributed by atoms with Gasteiger partial charge in [-0.3, -0.25) is 9.48 Å². The zero-order chi connectivity index (χ0) is 16.2. The minimum Gasteiger partial charge on any atom is -0.481 e. The highest BCUT2D eigenvalue weighted by atomic mass is 32.2. The summed E-state index contributed by atoms with van der Waals surface area (Å²) in [7, 11) is 0. The number of rotatable bonds is 12. The zero-order valence-electron chi connectivity index (χ0n) is 13.6. The van der Waals surface area contributed by atoms with Crippen molar-refractivity contribution in [2.24, 2.45) is 0 Å². The lowest BCUT2D eigenvalue weighted by Gasteiger charge is -2.02. The van der Waals surface area contributed by atoms with Crippen molar-refractivity contribution in [3.8, 4) is 0 Å². The predicted molar refractivity (Wildman–Crippen MR) is 91.2 cm³/mol. The number of nitrogens with zero attached hydrogens (tertiary/aromatic N) is 3. The van der Waals surface area contributed by atoms with Crippen molar-refractivity contribution in [1.82, 2.24) is 15.0 Å². The van der Waals surface area contributed by atoms with Crippen LogP contribution in [0.3, 0.4) is 0 Å². The molecule has 0 spiro atoms. The lowest BCUT2D eigenvalue weighted by atomic mass is 10.2. The summed E-state index contributed by atoms with van der Waals surface area (Å²) in [5, 5.41) is 16.9. The molecule has 124 valence electrons. The second kappa shape index (κ2) is 11.3. The molecule has 1 heterocycles. The van der Waals surface area contributed by atoms with Crippen molar-refractivity contribution in [3.63, 3.8) is 0 Å². The summed E-state index contributed by atoms with van der Waals surface area (Å²) in [5.41, 5.74) is 2.39. The second-order valence-corrected chi connectivity index (χ2v) is 6.60. The highest BCUT2D eigenvalue weighted by Gasteiger charge is 2.01. The molecule has 1 rings (SSSR count). The number of hydrogen-bond acceptors (Lipinski definition) is 4. The van der Waals surface area contributed by atoms with Crippen LogP contribution in [-0.4, -0.2) is 37.6 Å². The number of hydrogen-bond donors (Lipinski definition) is 1. The van der Waals surface area contributed by atoms with Gasteiger partial charge < -0.3 is 5.11 Å². The Morgan fingerprint density at radius 3 is 2.95 bits per heavy atom. The number of carboxylic acids is 1. The fourth-order valence-corrected chi connectivity index (χ4v) is 2.84. The van der Waals surface area contributed by atoms with Crippen LogP contribution < -0.4 is 0 Å². The Morgan fingerprint density at radius 1 is 1.41 bits per heavy atom. The van der Waals surface area contributed by atoms with E-state index in [4.69, 9.17) is 5.11 Å². The van der Waals surface area contributed by atoms with Crippen LogP contribution in [-0.2, 0) is 17.8 Å². The highest BCUT2D eigenvalue weighted by molar-refractivity contribution is 7.99. The number of aryl methyl sites for hydroxylation is 2. The van der Waals surface area contributed by atoms with Crippen molar-refractivity contribution in [1.29, 1.82) is 0 Å². The van der Waals surface area contributed by atoms with E-state index in [1.165, 1.54) is 24.8 Å². The molecule has 0 aliphatic heterocycles. The van der Waals surface area contributed by atoms with E-state index >= 15 is 0 Å². The molecule has 0 bridgehead atoms. The SMILES string of the molecule is CCCCCc1cn(CC/C(C)=C/CSCCC(=O)O)nn1. The van der Waals surface area contributed by atoms with Crippen LogP contribution in [0.4, 0.5) is 0 Å². The van der Waals surface area contributed by atoms with E-state index in [-0.39, 0.29) is 6.42 Å². The molecule has 1 N–H and O–H groups in total. The van der Waals surface area contributed by atoms with Crippen molar-refractivity contribution >= 4 is 17.7 Å². The summed E-state index contributed by atoms with van der Waals surface area (Å²) < 4.78 is 1.91. The topological polar surface area (TPSA) is 68.0 Å². The van der Waals surface area contributed by atoms with Gasteiger partial charge in [0.05, 0.1) is 12.1 Å². The third-order valence-electron chi connectivity index (χ3n) is 3.37. The summed E-state index contributed by atoms with van der Waals surface area (Å²) in [5.74, 6) is 0.816. The van der Waals surface area contributed by atoms with Crippen molar-refractivity contribution < 1.29 is 9.90 Å². The Labute approximate surface area is 137 Å². The number of unbranched alkanes of at least 4 members (excludes halogenated alkanes) is 2. The number of carbonyl (C=O) groups is 1. The molecule has 0 radical (unpaired) electrons. The van der Waals surface area contributed by atoms with E-state index < -0.39 is 5.97 Å². The molecule has 0 amide bonds. The Hall–Kier alpha value is -1.30. The lowest BCUT2D eigenvalue weighted by molar-refractivity contribution is -0.136. The van der Waals surface area contributed by atoms with E-state index in [0.29, 0.717) is 5.75 Å². The van der Waals surface area contributed by atoms with E-state index in [0.717, 1.165) is 30.8 Å². The Kier molecular flexibility index (Phi) is 9.62. The molecule has 6 heteroatoms. The molecule has 22 heavy (non-hydrogen) atoms. The van der Waals surface area contributed by atoms with Gasteiger partial charge in [0, 0.05) is 24.2 Å². The number of carboxylic acid groups (broad SMARTS) is 1. The third-order valence-corrected chi connectivity index (χ3v) is 4.26. The van der Waals surface area contributed by atoms with Crippen LogP contribution in [0.2, 0.25) is 0 Å². The van der Waals surface area contributed by atoms with Gasteiger partial charge >= 0.3 is 5.97 Å². The van der Waals surface area contributed by atoms with Crippen molar-refractivity contribution in [2.75, 3.05) is 11.5 Å². The first kappa shape index (κ1) is 18.7. The standard InChI is InChI=1S/C16H27N3O2S/c1-3-4-5-6-15-13-19(18-17-15)10-7-14(2)8-11-22-12-9-16(20)21/h8,13H,3-7,9-12H2,1-2H3,(H,20,21)/b14-8+. The molecular formula is C16H27N3O2S. The number of aromatic nitrogens is 3. The molecular weight excluding hydrogens is 298 g/mol. The largest absolute Gasteiger partial charge is 0.481 e. The third kappa shape index (κ3) is 8.87. The van der Waals surface area contributed by atoms with Gasteiger partial charge in [-0.25, -0.2) is 0 Å². The first-order valence-corrected chi connectivity index (χ1v) is 9.11. The zero-order valence-corrected chi connectivity index (χ0v) is 14.4. The quantitative estimate of drug-likeness (QED) is 0.470. The molecule has 0 saturated carbocycles. The summed E-state index contributed by atoms with van der Waals surface area (Å²) in [6, 6.07) is 0. The predicted octanol–water partition coefficient (Wildman–Crippen LogP) is 3.56. The Morgan fingerprint density at radius 2 is 2.23 bits per heavy atom. The summed E-state index contributed by atoms with van der Waals surface area (Å²) in [6.45, 7) is 5.16. The number of aliphatic carboxylic acids is 1. The Balaban J connectivity index is 2.20. The van der Waals surface area contributed by atoms with Crippen LogP contribution in [0.15, 0.2) is 17.8 Å². The second-order valence-electron chi connectivity index (χ2n) is 5.45. The summed E-state index contributed by atoms with van der Waals surface area (Å²) in [6.07, 6.45) is 10.1. The highest BCUT2D eigenvalue weighted by Crippen LogP contribution is 2.09. The van der Waals surface area contributed by atoms with E-state index in [1.54, 1.807) is 11.8 Å². The maximum Gasteiger partial charge on any atom is 0.304 e. The maximum atomic E-state index is 10.4. The number of allylic oxidation sites excluding steroid dienone is 1. The first-order chi connectivity index (χ1) is 10.6. The van der Waals surface area contributed by atoms with Crippen LogP contribution in [0.1, 0.15) is 51.6 Å². The Bertz CT molecular complexity index is 472.